The van der Waals surface area contributed by atoms with Crippen LogP contribution < -0.4 is 0 Å². The molecular formula is C28H48O3S. The number of rotatable bonds is 22. The first kappa shape index (κ1) is 29.0. The number of carboxylic acid groups (broad SMARTS) is 1. The van der Waals surface area contributed by atoms with Crippen LogP contribution >= 0.6 is 11.8 Å². The van der Waals surface area contributed by atoms with Crippen LogP contribution in [0.4, 0.5) is 0 Å². The average molecular weight is 465 g/mol. The van der Waals surface area contributed by atoms with Crippen molar-refractivity contribution in [3.05, 3.63) is 30.3 Å². The molecule has 0 amide bonds. The van der Waals surface area contributed by atoms with Crippen LogP contribution in [0.1, 0.15) is 122 Å². The highest BCUT2D eigenvalue weighted by Gasteiger charge is 2.20. The van der Waals surface area contributed by atoms with E-state index in [0.717, 1.165) is 12.8 Å². The summed E-state index contributed by atoms with van der Waals surface area (Å²) < 4.78 is 0. The van der Waals surface area contributed by atoms with Gasteiger partial charge in [-0.1, -0.05) is 115 Å². The highest BCUT2D eigenvalue weighted by molar-refractivity contribution is 8.00. The van der Waals surface area contributed by atoms with Gasteiger partial charge in [-0.3, -0.25) is 4.79 Å². The van der Waals surface area contributed by atoms with Crippen LogP contribution in [0.2, 0.25) is 0 Å². The number of aliphatic carboxylic acids is 1. The molecule has 32 heavy (non-hydrogen) atoms. The second kappa shape index (κ2) is 20.6. The molecule has 4 heteroatoms. The summed E-state index contributed by atoms with van der Waals surface area (Å²) in [5.41, 5.74) is 0. The van der Waals surface area contributed by atoms with E-state index in [2.05, 4.69) is 19.1 Å². The van der Waals surface area contributed by atoms with E-state index in [1.165, 1.54) is 88.4 Å². The highest BCUT2D eigenvalue weighted by atomic mass is 32.2. The summed E-state index contributed by atoms with van der Waals surface area (Å²) in [5, 5.41) is 19.7. The summed E-state index contributed by atoms with van der Waals surface area (Å²) in [6, 6.07) is 10.3. The van der Waals surface area contributed by atoms with Crippen LogP contribution in [0.3, 0.4) is 0 Å². The number of thioether (sulfide) groups is 1. The molecule has 2 N–H and O–H groups in total. The van der Waals surface area contributed by atoms with E-state index in [9.17, 15) is 9.90 Å². The number of hydrogen-bond donors (Lipinski definition) is 2. The van der Waals surface area contributed by atoms with Crippen molar-refractivity contribution in [1.29, 1.82) is 0 Å². The Hall–Kier alpha value is -1.00. The van der Waals surface area contributed by atoms with E-state index in [1.807, 2.05) is 18.2 Å². The van der Waals surface area contributed by atoms with Crippen LogP contribution in [0.15, 0.2) is 35.2 Å². The van der Waals surface area contributed by atoms with E-state index < -0.39 is 12.1 Å². The number of aliphatic hydroxyl groups excluding tert-OH is 1. The van der Waals surface area contributed by atoms with Gasteiger partial charge in [-0.05, 0) is 31.4 Å². The monoisotopic (exact) mass is 464 g/mol. The first-order chi connectivity index (χ1) is 15.6. The smallest absolute Gasteiger partial charge is 0.303 e. The molecule has 0 aromatic heterocycles. The van der Waals surface area contributed by atoms with Gasteiger partial charge in [0.15, 0.2) is 0 Å². The van der Waals surface area contributed by atoms with Crippen molar-refractivity contribution in [1.82, 2.24) is 0 Å². The molecule has 1 aromatic rings. The molecule has 0 heterocycles. The van der Waals surface area contributed by atoms with Gasteiger partial charge in [0.05, 0.1) is 6.10 Å². The third-order valence-corrected chi connectivity index (χ3v) is 7.59. The zero-order valence-electron chi connectivity index (χ0n) is 20.5. The predicted molar refractivity (Wildman–Crippen MR) is 139 cm³/mol. The summed E-state index contributed by atoms with van der Waals surface area (Å²) in [6.07, 6.45) is 20.7. The Kier molecular flexibility index (Phi) is 18.7. The lowest BCUT2D eigenvalue weighted by Gasteiger charge is -2.22. The van der Waals surface area contributed by atoms with Crippen LogP contribution in [0, 0.1) is 0 Å². The van der Waals surface area contributed by atoms with E-state index in [4.69, 9.17) is 5.11 Å². The van der Waals surface area contributed by atoms with Crippen molar-refractivity contribution < 1.29 is 15.0 Å². The molecule has 0 saturated heterocycles. The maximum Gasteiger partial charge on any atom is 0.303 e. The van der Waals surface area contributed by atoms with Gasteiger partial charge < -0.3 is 10.2 Å². The summed E-state index contributed by atoms with van der Waals surface area (Å²) in [7, 11) is 0. The first-order valence-corrected chi connectivity index (χ1v) is 14.1. The highest BCUT2D eigenvalue weighted by Crippen LogP contribution is 2.31. The Morgan fingerprint density at radius 1 is 0.750 bits per heavy atom. The maximum absolute atomic E-state index is 10.8. The van der Waals surface area contributed by atoms with Gasteiger partial charge in [0.1, 0.15) is 0 Å². The van der Waals surface area contributed by atoms with Gasteiger partial charge in [0, 0.05) is 16.6 Å². The van der Waals surface area contributed by atoms with Crippen molar-refractivity contribution in [3.63, 3.8) is 0 Å². The minimum absolute atomic E-state index is 0.138. The molecule has 0 aliphatic rings. The minimum atomic E-state index is -0.781. The number of carboxylic acids is 1. The Labute approximate surface area is 201 Å². The van der Waals surface area contributed by atoms with Crippen LogP contribution in [0.5, 0.6) is 0 Å². The Bertz CT molecular complexity index is 549. The summed E-state index contributed by atoms with van der Waals surface area (Å²) in [4.78, 5) is 12.0. The molecule has 0 saturated carbocycles. The fraction of sp³-hybridized carbons (Fsp3) is 0.750. The van der Waals surface area contributed by atoms with Gasteiger partial charge in [0.2, 0.25) is 0 Å². The van der Waals surface area contributed by atoms with Gasteiger partial charge in [0.25, 0.3) is 0 Å². The lowest BCUT2D eigenvalue weighted by atomic mass is 10.0. The third kappa shape index (κ3) is 16.6. The molecule has 0 fully saturated rings. The molecule has 1 aromatic carbocycles. The van der Waals surface area contributed by atoms with Gasteiger partial charge in [-0.25, -0.2) is 0 Å². The Morgan fingerprint density at radius 3 is 1.75 bits per heavy atom. The number of aliphatic hydroxyl groups is 1. The number of unbranched alkanes of at least 4 members (excludes halogenated alkanes) is 13. The minimum Gasteiger partial charge on any atom is -0.481 e. The lowest BCUT2D eigenvalue weighted by molar-refractivity contribution is -0.137. The maximum atomic E-state index is 10.8. The SMILES string of the molecule is CCCCCCCCCCCCCCCCC(Sc1ccccc1)C(O)CCCC(=O)O. The largest absolute Gasteiger partial charge is 0.481 e. The molecular weight excluding hydrogens is 416 g/mol. The van der Waals surface area contributed by atoms with Gasteiger partial charge >= 0.3 is 5.97 Å². The summed E-state index contributed by atoms with van der Waals surface area (Å²) >= 11 is 1.74. The Balaban J connectivity index is 2.13. The zero-order chi connectivity index (χ0) is 23.3. The lowest BCUT2D eigenvalue weighted by Crippen LogP contribution is -2.23. The molecule has 0 radical (unpaired) electrons. The van der Waals surface area contributed by atoms with Gasteiger partial charge in [-0.2, -0.15) is 0 Å². The quantitative estimate of drug-likeness (QED) is 0.133. The Morgan fingerprint density at radius 2 is 1.25 bits per heavy atom. The van der Waals surface area contributed by atoms with Crippen LogP contribution in [0.25, 0.3) is 0 Å². The van der Waals surface area contributed by atoms with Gasteiger partial charge in [-0.15, -0.1) is 11.8 Å². The summed E-state index contributed by atoms with van der Waals surface area (Å²) in [5.74, 6) is -0.781. The molecule has 0 aliphatic carbocycles. The number of benzene rings is 1. The van der Waals surface area contributed by atoms with E-state index in [-0.39, 0.29) is 11.7 Å². The normalized spacial score (nSPS) is 13.2. The average Bonchev–Trinajstić information content (AvgIpc) is 2.79. The van der Waals surface area contributed by atoms with E-state index in [0.29, 0.717) is 12.8 Å². The zero-order valence-corrected chi connectivity index (χ0v) is 21.3. The molecule has 0 aliphatic heterocycles. The second-order valence-electron chi connectivity index (χ2n) is 9.21. The standard InChI is InChI=1S/C28H48O3S/c1-2-3-4-5-6-7-8-9-10-11-12-13-14-18-23-27(26(29)22-19-24-28(30)31)32-25-20-16-15-17-21-25/h15-17,20-21,26-27,29H,2-14,18-19,22-24H2,1H3,(H,30,31). The number of hydrogen-bond acceptors (Lipinski definition) is 3. The van der Waals surface area contributed by atoms with Crippen LogP contribution in [-0.2, 0) is 4.79 Å². The van der Waals surface area contributed by atoms with Crippen molar-refractivity contribution in [2.75, 3.05) is 0 Å². The molecule has 0 bridgehead atoms. The third-order valence-electron chi connectivity index (χ3n) is 6.19. The predicted octanol–water partition coefficient (Wildman–Crippen LogP) is 8.63. The molecule has 2 unspecified atom stereocenters. The van der Waals surface area contributed by atoms with E-state index >= 15 is 0 Å². The van der Waals surface area contributed by atoms with Crippen molar-refractivity contribution in [2.45, 2.75) is 139 Å². The molecule has 1 rings (SSSR count). The first-order valence-electron chi connectivity index (χ1n) is 13.2. The van der Waals surface area contributed by atoms with Crippen LogP contribution in [-0.4, -0.2) is 27.5 Å². The fourth-order valence-corrected chi connectivity index (χ4v) is 5.43. The topological polar surface area (TPSA) is 57.5 Å². The molecule has 3 nitrogen and oxygen atoms in total. The van der Waals surface area contributed by atoms with E-state index in [1.54, 1.807) is 11.8 Å². The number of carbonyl (C=O) groups is 1. The fourth-order valence-electron chi connectivity index (χ4n) is 4.19. The second-order valence-corrected chi connectivity index (χ2v) is 10.5. The van der Waals surface area contributed by atoms with Crippen molar-refractivity contribution in [3.8, 4) is 0 Å². The summed E-state index contributed by atoms with van der Waals surface area (Å²) in [6.45, 7) is 2.27. The molecule has 2 atom stereocenters. The van der Waals surface area contributed by atoms with Crippen molar-refractivity contribution in [2.24, 2.45) is 0 Å². The molecule has 0 spiro atoms. The van der Waals surface area contributed by atoms with Crippen molar-refractivity contribution >= 4 is 17.7 Å². The molecule has 184 valence electrons.